The molecule has 51 heavy (non-hydrogen) atoms. The zero-order valence-electron chi connectivity index (χ0n) is 29.1. The van der Waals surface area contributed by atoms with Gasteiger partial charge in [0.05, 0.1) is 17.3 Å². The third kappa shape index (κ3) is 9.75. The van der Waals surface area contributed by atoms with Crippen LogP contribution in [0.4, 0.5) is 10.5 Å². The largest absolute Gasteiger partial charge is 0.506 e. The first-order valence-corrected chi connectivity index (χ1v) is 18.2. The van der Waals surface area contributed by atoms with Gasteiger partial charge in [-0.1, -0.05) is 54.6 Å². The van der Waals surface area contributed by atoms with Crippen LogP contribution in [0.2, 0.25) is 0 Å². The number of hydrogen-bond donors (Lipinski definition) is 5. The molecule has 4 aromatic rings. The third-order valence-electron chi connectivity index (χ3n) is 10.2. The minimum absolute atomic E-state index is 0.0400. The number of aromatic nitrogens is 1. The highest BCUT2D eigenvalue weighted by Crippen LogP contribution is 2.30. The maximum atomic E-state index is 12.9. The summed E-state index contributed by atoms with van der Waals surface area (Å²) in [6, 6.07) is 23.9. The maximum Gasteiger partial charge on any atom is 0.411 e. The van der Waals surface area contributed by atoms with E-state index < -0.39 is 12.2 Å². The number of benzene rings is 3. The smallest absolute Gasteiger partial charge is 0.411 e. The summed E-state index contributed by atoms with van der Waals surface area (Å²) < 4.78 is 5.81. The predicted molar refractivity (Wildman–Crippen MR) is 199 cm³/mol. The SMILES string of the molecule is O=C(Nc1ccccc1-c1ccccc1)OC1CCN(CCC2CCN(C(=O)CCCNCC(O)c3ccc(O)c4[nH]c(=O)ccc34)CC2)CC1. The van der Waals surface area contributed by atoms with Crippen LogP contribution < -0.4 is 16.2 Å². The quantitative estimate of drug-likeness (QED) is 0.113. The van der Waals surface area contributed by atoms with Crippen LogP contribution in [0.15, 0.2) is 83.7 Å². The van der Waals surface area contributed by atoms with Crippen molar-refractivity contribution in [3.63, 3.8) is 0 Å². The van der Waals surface area contributed by atoms with Gasteiger partial charge in [-0.25, -0.2) is 4.79 Å². The van der Waals surface area contributed by atoms with E-state index in [2.05, 4.69) is 20.5 Å². The van der Waals surface area contributed by atoms with Crippen molar-refractivity contribution in [3.05, 3.63) is 94.8 Å². The Labute approximate surface area is 298 Å². The van der Waals surface area contributed by atoms with Gasteiger partial charge in [-0.15, -0.1) is 0 Å². The van der Waals surface area contributed by atoms with E-state index in [1.54, 1.807) is 12.1 Å². The highest BCUT2D eigenvalue weighted by atomic mass is 16.6. The number of aromatic amines is 1. The van der Waals surface area contributed by atoms with Crippen LogP contribution in [-0.2, 0) is 9.53 Å². The van der Waals surface area contributed by atoms with Gasteiger partial charge in [-0.05, 0) is 86.9 Å². The summed E-state index contributed by atoms with van der Waals surface area (Å²) in [6.07, 6.45) is 4.62. The summed E-state index contributed by atoms with van der Waals surface area (Å²) in [7, 11) is 0. The molecule has 0 spiro atoms. The first-order valence-electron chi connectivity index (χ1n) is 18.2. The van der Waals surface area contributed by atoms with Gasteiger partial charge in [0.2, 0.25) is 11.5 Å². The summed E-state index contributed by atoms with van der Waals surface area (Å²) in [5.74, 6) is 0.746. The number of pyridine rings is 1. The van der Waals surface area contributed by atoms with Crippen molar-refractivity contribution in [2.24, 2.45) is 5.92 Å². The van der Waals surface area contributed by atoms with E-state index in [1.165, 1.54) is 12.1 Å². The van der Waals surface area contributed by atoms with Gasteiger partial charge in [0.1, 0.15) is 11.9 Å². The van der Waals surface area contributed by atoms with Crippen molar-refractivity contribution in [2.75, 3.05) is 51.1 Å². The maximum absolute atomic E-state index is 12.9. The van der Waals surface area contributed by atoms with Crippen molar-refractivity contribution < 1.29 is 24.5 Å². The lowest BCUT2D eigenvalue weighted by Crippen LogP contribution is -2.41. The summed E-state index contributed by atoms with van der Waals surface area (Å²) >= 11 is 0. The van der Waals surface area contributed by atoms with Crippen LogP contribution in [0, 0.1) is 5.92 Å². The number of nitrogens with zero attached hydrogens (tertiary/aromatic N) is 2. The Hall–Kier alpha value is -4.71. The number of aromatic hydroxyl groups is 1. The molecule has 0 bridgehead atoms. The lowest BCUT2D eigenvalue weighted by Gasteiger charge is -2.35. The summed E-state index contributed by atoms with van der Waals surface area (Å²) in [4.78, 5) is 44.4. The summed E-state index contributed by atoms with van der Waals surface area (Å²) in [6.45, 7) is 5.33. The van der Waals surface area contributed by atoms with Gasteiger partial charge in [0, 0.05) is 56.2 Å². The number of para-hydroxylation sites is 1. The van der Waals surface area contributed by atoms with Gasteiger partial charge in [-0.2, -0.15) is 0 Å². The van der Waals surface area contributed by atoms with Crippen molar-refractivity contribution in [2.45, 2.75) is 57.2 Å². The Morgan fingerprint density at radius 2 is 1.65 bits per heavy atom. The number of anilines is 1. The van der Waals surface area contributed by atoms with Crippen LogP contribution in [-0.4, -0.2) is 88.9 Å². The molecule has 0 aliphatic carbocycles. The van der Waals surface area contributed by atoms with E-state index in [4.69, 9.17) is 4.74 Å². The number of hydrogen-bond acceptors (Lipinski definition) is 8. The van der Waals surface area contributed by atoms with Gasteiger partial charge in [0.25, 0.3) is 0 Å². The first-order chi connectivity index (χ1) is 24.8. The summed E-state index contributed by atoms with van der Waals surface area (Å²) in [5.41, 5.74) is 3.35. The average molecular weight is 696 g/mol. The van der Waals surface area contributed by atoms with E-state index in [1.807, 2.05) is 59.5 Å². The molecule has 11 heteroatoms. The topological polar surface area (TPSA) is 147 Å². The number of aliphatic hydroxyl groups excluding tert-OH is 1. The highest BCUT2D eigenvalue weighted by molar-refractivity contribution is 5.91. The molecule has 0 radical (unpaired) electrons. The zero-order chi connectivity index (χ0) is 35.6. The molecule has 5 N–H and O–H groups in total. The van der Waals surface area contributed by atoms with E-state index in [9.17, 15) is 24.6 Å². The van der Waals surface area contributed by atoms with Crippen LogP contribution in [0.1, 0.15) is 56.6 Å². The number of likely N-dealkylation sites (tertiary alicyclic amines) is 2. The molecular weight excluding hydrogens is 646 g/mol. The van der Waals surface area contributed by atoms with Gasteiger partial charge < -0.3 is 35.1 Å². The van der Waals surface area contributed by atoms with E-state index in [-0.39, 0.29) is 23.3 Å². The van der Waals surface area contributed by atoms with E-state index in [0.717, 1.165) is 81.6 Å². The molecule has 0 saturated carbocycles. The molecule has 1 aromatic heterocycles. The molecule has 6 rings (SSSR count). The Balaban J connectivity index is 0.828. The van der Waals surface area contributed by atoms with Crippen molar-refractivity contribution in [3.8, 4) is 16.9 Å². The van der Waals surface area contributed by atoms with Crippen molar-refractivity contribution >= 4 is 28.6 Å². The highest BCUT2D eigenvalue weighted by Gasteiger charge is 2.26. The lowest BCUT2D eigenvalue weighted by atomic mass is 9.92. The number of ether oxygens (including phenoxy) is 1. The third-order valence-corrected chi connectivity index (χ3v) is 10.2. The van der Waals surface area contributed by atoms with Crippen LogP contribution in [0.5, 0.6) is 5.75 Å². The number of carbonyl (C=O) groups is 2. The first kappa shape index (κ1) is 36.1. The Morgan fingerprint density at radius 1 is 0.902 bits per heavy atom. The molecule has 2 fully saturated rings. The number of piperidine rings is 2. The summed E-state index contributed by atoms with van der Waals surface area (Å²) in [5, 5.41) is 27.6. The van der Waals surface area contributed by atoms with Crippen molar-refractivity contribution in [1.82, 2.24) is 20.1 Å². The van der Waals surface area contributed by atoms with Crippen LogP contribution in [0.3, 0.4) is 0 Å². The molecule has 11 nitrogen and oxygen atoms in total. The minimum atomic E-state index is -0.825. The van der Waals surface area contributed by atoms with Gasteiger partial charge >= 0.3 is 6.09 Å². The number of phenols is 1. The van der Waals surface area contributed by atoms with Gasteiger partial charge in [-0.3, -0.25) is 14.9 Å². The molecule has 3 aromatic carbocycles. The molecular formula is C40H49N5O6. The minimum Gasteiger partial charge on any atom is -0.506 e. The van der Waals surface area contributed by atoms with Crippen molar-refractivity contribution in [1.29, 1.82) is 0 Å². The number of rotatable bonds is 13. The number of carbonyl (C=O) groups excluding carboxylic acids is 2. The lowest BCUT2D eigenvalue weighted by molar-refractivity contribution is -0.132. The fourth-order valence-electron chi connectivity index (χ4n) is 7.26. The Morgan fingerprint density at radius 3 is 2.43 bits per heavy atom. The van der Waals surface area contributed by atoms with Crippen LogP contribution in [0.25, 0.3) is 22.0 Å². The molecule has 2 amide bonds. The molecule has 1 unspecified atom stereocenters. The van der Waals surface area contributed by atoms with E-state index >= 15 is 0 Å². The number of nitrogens with one attached hydrogen (secondary N) is 3. The molecule has 2 aliphatic rings. The Kier molecular flexibility index (Phi) is 12.4. The normalized spacial score (nSPS) is 16.6. The van der Waals surface area contributed by atoms with Crippen LogP contribution >= 0.6 is 0 Å². The Bertz CT molecular complexity index is 1820. The second-order valence-electron chi connectivity index (χ2n) is 13.7. The number of aliphatic hydroxyl groups is 1. The number of amides is 2. The second-order valence-corrected chi connectivity index (χ2v) is 13.7. The standard InChI is InChI=1S/C40H49N5O6/c46-35-14-12-32(33-13-15-37(48)43-39(33)35)36(47)27-41-21-6-11-38(49)45-25-17-28(18-26-45)16-22-44-23-19-30(20-24-44)51-40(50)42-34-10-5-4-9-31(34)29-7-2-1-3-8-29/h1-5,7-10,12-15,28,30,36,41,46-47H,6,11,16-27H2,(H,42,50)(H,43,48). The average Bonchev–Trinajstić information content (AvgIpc) is 3.15. The molecule has 2 aliphatic heterocycles. The number of fused-ring (bicyclic) bond motifs is 1. The fraction of sp³-hybridized carbons (Fsp3) is 0.425. The molecule has 2 saturated heterocycles. The fourth-order valence-corrected chi connectivity index (χ4v) is 7.26. The molecule has 1 atom stereocenters. The zero-order valence-corrected chi connectivity index (χ0v) is 29.1. The predicted octanol–water partition coefficient (Wildman–Crippen LogP) is 5.65. The monoisotopic (exact) mass is 695 g/mol. The number of phenolic OH excluding ortho intramolecular Hbond substituents is 1. The molecule has 270 valence electrons. The second kappa shape index (κ2) is 17.5. The number of H-pyrrole nitrogens is 1. The molecule has 3 heterocycles. The van der Waals surface area contributed by atoms with Gasteiger partial charge in [0.15, 0.2) is 0 Å². The van der Waals surface area contributed by atoms with E-state index in [0.29, 0.717) is 48.3 Å².